The van der Waals surface area contributed by atoms with Crippen LogP contribution in [0.2, 0.25) is 0 Å². The summed E-state index contributed by atoms with van der Waals surface area (Å²) in [6.07, 6.45) is 3.88. The van der Waals surface area contributed by atoms with E-state index >= 15 is 0 Å². The summed E-state index contributed by atoms with van der Waals surface area (Å²) in [6.45, 7) is 5.11. The molecule has 6 rings (SSSR count). The van der Waals surface area contributed by atoms with Crippen LogP contribution in [0, 0.1) is 25.5 Å². The molecule has 0 spiro atoms. The Morgan fingerprint density at radius 2 is 1.85 bits per heavy atom. The van der Waals surface area contributed by atoms with Crippen molar-refractivity contribution in [1.82, 2.24) is 34.9 Å². The lowest BCUT2D eigenvalue weighted by Gasteiger charge is -2.32. The van der Waals surface area contributed by atoms with E-state index in [2.05, 4.69) is 30.2 Å². The molecule has 1 aliphatic carbocycles. The third-order valence-corrected chi connectivity index (χ3v) is 6.24. The van der Waals surface area contributed by atoms with Gasteiger partial charge in [0.1, 0.15) is 34.6 Å². The molecule has 2 fully saturated rings. The molecule has 1 saturated carbocycles. The number of anilines is 1. The third-order valence-electron chi connectivity index (χ3n) is 6.24. The summed E-state index contributed by atoms with van der Waals surface area (Å²) in [5.41, 5.74) is 3.31. The monoisotopic (exact) mass is 464 g/mol. The fraction of sp³-hybridized carbons (Fsp3) is 0.391. The first-order valence-corrected chi connectivity index (χ1v) is 11.2. The van der Waals surface area contributed by atoms with Gasteiger partial charge in [-0.3, -0.25) is 0 Å². The van der Waals surface area contributed by atoms with Crippen LogP contribution in [0.5, 0.6) is 0 Å². The molecule has 9 nitrogen and oxygen atoms in total. The Kier molecular flexibility index (Phi) is 4.94. The van der Waals surface area contributed by atoms with E-state index in [0.29, 0.717) is 48.5 Å². The average molecular weight is 464 g/mol. The maximum absolute atomic E-state index is 14.8. The number of hydrogen-bond acceptors (Lipinski definition) is 8. The van der Waals surface area contributed by atoms with Crippen molar-refractivity contribution in [2.24, 2.45) is 0 Å². The first-order chi connectivity index (χ1) is 16.5. The standard InChI is InChI=1S/C23H22F2N8O/c1-12-13(2)27-22-21(26-12)20(16-6-3-14(24)9-17(16)25)28-23(29-22)32-7-8-34-19(11-32)18-10-33(31-30-18)15-4-5-15/h3,6,9-10,15,19H,4-5,7-8,11H2,1-2H3/t19-/m0/s1. The second-order valence-corrected chi connectivity index (χ2v) is 8.72. The minimum absolute atomic E-state index is 0.143. The molecule has 0 N–H and O–H groups in total. The molecule has 174 valence electrons. The molecule has 1 aromatic carbocycles. The first kappa shape index (κ1) is 21.0. The Morgan fingerprint density at radius 1 is 1.03 bits per heavy atom. The zero-order chi connectivity index (χ0) is 23.4. The molecule has 4 heterocycles. The van der Waals surface area contributed by atoms with Crippen molar-refractivity contribution >= 4 is 17.1 Å². The van der Waals surface area contributed by atoms with Gasteiger partial charge in [0.15, 0.2) is 5.65 Å². The van der Waals surface area contributed by atoms with Gasteiger partial charge in [-0.2, -0.15) is 4.98 Å². The largest absolute Gasteiger partial charge is 0.368 e. The third kappa shape index (κ3) is 3.75. The van der Waals surface area contributed by atoms with Crippen molar-refractivity contribution in [3.63, 3.8) is 0 Å². The minimum Gasteiger partial charge on any atom is -0.368 e. The van der Waals surface area contributed by atoms with Crippen LogP contribution in [-0.2, 0) is 4.74 Å². The summed E-state index contributed by atoms with van der Waals surface area (Å²) in [5, 5.41) is 8.53. The molecule has 0 unspecified atom stereocenters. The van der Waals surface area contributed by atoms with Gasteiger partial charge in [0.2, 0.25) is 5.95 Å². The van der Waals surface area contributed by atoms with E-state index in [1.54, 1.807) is 0 Å². The maximum atomic E-state index is 14.8. The highest BCUT2D eigenvalue weighted by atomic mass is 19.1. The quantitative estimate of drug-likeness (QED) is 0.453. The lowest BCUT2D eigenvalue weighted by atomic mass is 10.1. The van der Waals surface area contributed by atoms with E-state index < -0.39 is 11.6 Å². The smallest absolute Gasteiger partial charge is 0.228 e. The van der Waals surface area contributed by atoms with Gasteiger partial charge in [-0.15, -0.1) is 5.10 Å². The lowest BCUT2D eigenvalue weighted by molar-refractivity contribution is 0.0364. The highest BCUT2D eigenvalue weighted by Gasteiger charge is 2.30. The highest BCUT2D eigenvalue weighted by molar-refractivity contribution is 5.88. The molecule has 1 aliphatic heterocycles. The number of benzene rings is 1. The SMILES string of the molecule is Cc1nc2nc(N3CCO[C@H](c4cn(C5CC5)nn4)C3)nc(-c3ccc(F)cc3F)c2nc1C. The molecule has 1 saturated heterocycles. The molecular weight excluding hydrogens is 442 g/mol. The lowest BCUT2D eigenvalue weighted by Crippen LogP contribution is -2.39. The summed E-state index contributed by atoms with van der Waals surface area (Å²) in [7, 11) is 0. The van der Waals surface area contributed by atoms with Crippen LogP contribution in [0.1, 0.15) is 42.1 Å². The topological polar surface area (TPSA) is 94.7 Å². The van der Waals surface area contributed by atoms with Gasteiger partial charge in [-0.05, 0) is 38.8 Å². The number of ether oxygens (including phenoxy) is 1. The molecule has 4 aromatic rings. The fourth-order valence-electron chi connectivity index (χ4n) is 4.08. The van der Waals surface area contributed by atoms with Crippen molar-refractivity contribution in [2.75, 3.05) is 24.6 Å². The van der Waals surface area contributed by atoms with Crippen LogP contribution in [-0.4, -0.2) is 54.6 Å². The van der Waals surface area contributed by atoms with Crippen molar-refractivity contribution in [2.45, 2.75) is 38.8 Å². The van der Waals surface area contributed by atoms with Crippen LogP contribution < -0.4 is 4.90 Å². The minimum atomic E-state index is -0.720. The van der Waals surface area contributed by atoms with Crippen molar-refractivity contribution in [3.05, 3.63) is 53.1 Å². The van der Waals surface area contributed by atoms with Gasteiger partial charge in [0.25, 0.3) is 0 Å². The Hall–Kier alpha value is -3.60. The van der Waals surface area contributed by atoms with Crippen molar-refractivity contribution < 1.29 is 13.5 Å². The molecule has 1 atom stereocenters. The van der Waals surface area contributed by atoms with Gasteiger partial charge in [-0.25, -0.2) is 28.4 Å². The maximum Gasteiger partial charge on any atom is 0.228 e. The molecular formula is C23H22F2N8O. The van der Waals surface area contributed by atoms with E-state index in [4.69, 9.17) is 4.74 Å². The molecule has 0 amide bonds. The molecule has 0 bridgehead atoms. The van der Waals surface area contributed by atoms with Crippen LogP contribution in [0.15, 0.2) is 24.4 Å². The summed E-state index contributed by atoms with van der Waals surface area (Å²) >= 11 is 0. The van der Waals surface area contributed by atoms with Gasteiger partial charge < -0.3 is 9.64 Å². The summed E-state index contributed by atoms with van der Waals surface area (Å²) < 4.78 is 36.2. The normalized spacial score (nSPS) is 18.6. The van der Waals surface area contributed by atoms with Gasteiger partial charge in [-0.1, -0.05) is 5.21 Å². The Labute approximate surface area is 193 Å². The first-order valence-electron chi connectivity index (χ1n) is 11.2. The number of aromatic nitrogens is 7. The number of hydrogen-bond donors (Lipinski definition) is 0. The number of nitrogens with zero attached hydrogens (tertiary/aromatic N) is 8. The van der Waals surface area contributed by atoms with Crippen molar-refractivity contribution in [1.29, 1.82) is 0 Å². The summed E-state index contributed by atoms with van der Waals surface area (Å²) in [4.78, 5) is 20.5. The van der Waals surface area contributed by atoms with Crippen LogP contribution in [0.25, 0.3) is 22.4 Å². The number of rotatable bonds is 4. The van der Waals surface area contributed by atoms with Gasteiger partial charge in [0.05, 0.1) is 36.8 Å². The molecule has 3 aromatic heterocycles. The number of halogens is 2. The predicted octanol–water partition coefficient (Wildman–Crippen LogP) is 3.49. The van der Waals surface area contributed by atoms with Gasteiger partial charge in [0, 0.05) is 18.2 Å². The molecule has 11 heteroatoms. The van der Waals surface area contributed by atoms with Crippen LogP contribution in [0.4, 0.5) is 14.7 Å². The second-order valence-electron chi connectivity index (χ2n) is 8.72. The fourth-order valence-corrected chi connectivity index (χ4v) is 4.08. The van der Waals surface area contributed by atoms with Crippen LogP contribution in [0.3, 0.4) is 0 Å². The van der Waals surface area contributed by atoms with E-state index in [1.165, 1.54) is 12.1 Å². The summed E-state index contributed by atoms with van der Waals surface area (Å²) in [6, 6.07) is 3.84. The Morgan fingerprint density at radius 3 is 2.65 bits per heavy atom. The van der Waals surface area contributed by atoms with Crippen LogP contribution >= 0.6 is 0 Å². The highest BCUT2D eigenvalue weighted by Crippen LogP contribution is 2.35. The Balaban J connectivity index is 1.41. The Bertz CT molecular complexity index is 1400. The zero-order valence-electron chi connectivity index (χ0n) is 18.7. The van der Waals surface area contributed by atoms with Gasteiger partial charge >= 0.3 is 0 Å². The van der Waals surface area contributed by atoms with E-state index in [0.717, 1.165) is 30.3 Å². The molecule has 2 aliphatic rings. The zero-order valence-corrected chi connectivity index (χ0v) is 18.7. The number of aryl methyl sites for hydroxylation is 2. The average Bonchev–Trinajstić information content (AvgIpc) is 3.56. The van der Waals surface area contributed by atoms with Crippen molar-refractivity contribution in [3.8, 4) is 11.3 Å². The van der Waals surface area contributed by atoms with E-state index in [9.17, 15) is 8.78 Å². The predicted molar refractivity (Wildman–Crippen MR) is 119 cm³/mol. The summed E-state index contributed by atoms with van der Waals surface area (Å²) in [5.74, 6) is -0.998. The van der Waals surface area contributed by atoms with E-state index in [-0.39, 0.29) is 17.4 Å². The molecule has 34 heavy (non-hydrogen) atoms. The number of morpholine rings is 1. The second kappa shape index (κ2) is 8.01. The number of fused-ring (bicyclic) bond motifs is 1. The molecule has 0 radical (unpaired) electrons. The van der Waals surface area contributed by atoms with E-state index in [1.807, 2.05) is 29.6 Å².